The lowest BCUT2D eigenvalue weighted by Crippen LogP contribution is -2.23. The third kappa shape index (κ3) is 6.01. The number of aryl methyl sites for hydroxylation is 3. The number of anilines is 1. The zero-order valence-electron chi connectivity index (χ0n) is 15.8. The Labute approximate surface area is 180 Å². The van der Waals surface area contributed by atoms with Crippen LogP contribution in [0.3, 0.4) is 0 Å². The van der Waals surface area contributed by atoms with Crippen molar-refractivity contribution in [2.75, 3.05) is 11.9 Å². The van der Waals surface area contributed by atoms with E-state index < -0.39 is 0 Å². The summed E-state index contributed by atoms with van der Waals surface area (Å²) in [5.74, 6) is 1.04. The topological polar surface area (TPSA) is 89.3 Å². The zero-order chi connectivity index (χ0) is 19.2. The van der Waals surface area contributed by atoms with Gasteiger partial charge in [0.15, 0.2) is 5.96 Å². The van der Waals surface area contributed by atoms with Crippen LogP contribution in [0.1, 0.15) is 23.4 Å². The van der Waals surface area contributed by atoms with Gasteiger partial charge >= 0.3 is 0 Å². The standard InChI is InChI=1S/C20H22FN5O.HI/c1-13-5-10-17(12-14(13)2)24-20(22)23-11-3-4-18-25-19(26-27-18)15-6-8-16(21)9-7-15;/h5-10,12H,3-4,11H2,1-2H3,(H3,22,23,24);1H. The number of hydrogen-bond acceptors (Lipinski definition) is 4. The van der Waals surface area contributed by atoms with E-state index in [4.69, 9.17) is 10.3 Å². The zero-order valence-corrected chi connectivity index (χ0v) is 18.1. The van der Waals surface area contributed by atoms with Gasteiger partial charge in [-0.3, -0.25) is 4.99 Å². The third-order valence-corrected chi connectivity index (χ3v) is 4.18. The summed E-state index contributed by atoms with van der Waals surface area (Å²) >= 11 is 0. The van der Waals surface area contributed by atoms with Gasteiger partial charge < -0.3 is 15.6 Å². The van der Waals surface area contributed by atoms with Crippen LogP contribution < -0.4 is 11.1 Å². The third-order valence-electron chi connectivity index (χ3n) is 4.18. The van der Waals surface area contributed by atoms with E-state index in [1.54, 1.807) is 12.1 Å². The Hall–Kier alpha value is -2.49. The lowest BCUT2D eigenvalue weighted by atomic mass is 10.1. The SMILES string of the molecule is Cc1ccc(NC(N)=NCCCc2nc(-c3ccc(F)cc3)no2)cc1C.I. The second-order valence-electron chi connectivity index (χ2n) is 6.31. The molecule has 2 aromatic carbocycles. The summed E-state index contributed by atoms with van der Waals surface area (Å²) in [5.41, 5.74) is 9.98. The molecular weight excluding hydrogens is 472 g/mol. The molecule has 0 radical (unpaired) electrons. The van der Waals surface area contributed by atoms with Crippen LogP contribution in [0.15, 0.2) is 52.0 Å². The molecule has 3 aromatic rings. The van der Waals surface area contributed by atoms with Crippen LogP contribution in [0.4, 0.5) is 10.1 Å². The predicted molar refractivity (Wildman–Crippen MR) is 119 cm³/mol. The summed E-state index contributed by atoms with van der Waals surface area (Å²) in [4.78, 5) is 8.63. The fourth-order valence-electron chi connectivity index (χ4n) is 2.51. The number of nitrogens with one attached hydrogen (secondary N) is 1. The molecule has 0 aliphatic rings. The van der Waals surface area contributed by atoms with Gasteiger partial charge in [0.1, 0.15) is 5.82 Å². The summed E-state index contributed by atoms with van der Waals surface area (Å²) in [6.45, 7) is 4.66. The summed E-state index contributed by atoms with van der Waals surface area (Å²) in [6, 6.07) is 12.0. The Balaban J connectivity index is 0.00000280. The molecule has 0 bridgehead atoms. The maximum Gasteiger partial charge on any atom is 0.227 e. The number of nitrogens with two attached hydrogens (primary N) is 1. The molecule has 0 saturated heterocycles. The Morgan fingerprint density at radius 2 is 1.89 bits per heavy atom. The van der Waals surface area contributed by atoms with Crippen LogP contribution in [0.2, 0.25) is 0 Å². The Morgan fingerprint density at radius 1 is 1.14 bits per heavy atom. The van der Waals surface area contributed by atoms with Crippen LogP contribution in [0.5, 0.6) is 0 Å². The second-order valence-corrected chi connectivity index (χ2v) is 6.31. The van der Waals surface area contributed by atoms with E-state index in [9.17, 15) is 4.39 Å². The molecule has 1 aromatic heterocycles. The smallest absolute Gasteiger partial charge is 0.227 e. The monoisotopic (exact) mass is 495 g/mol. The fourth-order valence-corrected chi connectivity index (χ4v) is 2.51. The molecule has 148 valence electrons. The number of halogens is 2. The molecule has 0 amide bonds. The first-order chi connectivity index (χ1) is 13.0. The van der Waals surface area contributed by atoms with Gasteiger partial charge in [-0.05, 0) is 67.8 Å². The van der Waals surface area contributed by atoms with Crippen molar-refractivity contribution in [1.82, 2.24) is 10.1 Å². The highest BCUT2D eigenvalue weighted by molar-refractivity contribution is 14.0. The van der Waals surface area contributed by atoms with Crippen LogP contribution >= 0.6 is 24.0 Å². The predicted octanol–water partition coefficient (Wildman–Crippen LogP) is 4.47. The molecule has 0 spiro atoms. The minimum Gasteiger partial charge on any atom is -0.370 e. The summed E-state index contributed by atoms with van der Waals surface area (Å²) in [5, 5.41) is 7.00. The summed E-state index contributed by atoms with van der Waals surface area (Å²) in [7, 11) is 0. The molecule has 0 aliphatic heterocycles. The first kappa shape index (κ1) is 21.8. The van der Waals surface area contributed by atoms with Gasteiger partial charge in [0.2, 0.25) is 11.7 Å². The normalized spacial score (nSPS) is 11.2. The van der Waals surface area contributed by atoms with E-state index in [1.165, 1.54) is 23.3 Å². The van der Waals surface area contributed by atoms with E-state index in [0.29, 0.717) is 36.2 Å². The highest BCUT2D eigenvalue weighted by atomic mass is 127. The Bertz CT molecular complexity index is 940. The molecule has 0 aliphatic carbocycles. The van der Waals surface area contributed by atoms with Gasteiger partial charge in [-0.15, -0.1) is 24.0 Å². The molecule has 0 unspecified atom stereocenters. The molecule has 3 rings (SSSR count). The van der Waals surface area contributed by atoms with Gasteiger partial charge in [0, 0.05) is 24.2 Å². The van der Waals surface area contributed by atoms with Crippen molar-refractivity contribution in [3.05, 3.63) is 65.3 Å². The number of guanidine groups is 1. The Morgan fingerprint density at radius 3 is 2.61 bits per heavy atom. The van der Waals surface area contributed by atoms with Crippen molar-refractivity contribution in [2.45, 2.75) is 26.7 Å². The molecular formula is C20H23FIN5O. The number of nitrogens with zero attached hydrogens (tertiary/aromatic N) is 3. The number of aromatic nitrogens is 2. The molecule has 8 heteroatoms. The van der Waals surface area contributed by atoms with Crippen LogP contribution in [0.25, 0.3) is 11.4 Å². The summed E-state index contributed by atoms with van der Waals surface area (Å²) in [6.07, 6.45) is 1.31. The fraction of sp³-hybridized carbons (Fsp3) is 0.250. The van der Waals surface area contributed by atoms with Gasteiger partial charge in [0.05, 0.1) is 0 Å². The highest BCUT2D eigenvalue weighted by Crippen LogP contribution is 2.17. The molecule has 3 N–H and O–H groups in total. The molecule has 0 fully saturated rings. The van der Waals surface area contributed by atoms with E-state index in [0.717, 1.165) is 12.1 Å². The average Bonchev–Trinajstić information content (AvgIpc) is 3.11. The quantitative estimate of drug-likeness (QED) is 0.228. The van der Waals surface area contributed by atoms with Crippen LogP contribution in [0, 0.1) is 19.7 Å². The minimum atomic E-state index is -0.299. The molecule has 0 atom stereocenters. The maximum absolute atomic E-state index is 13.0. The molecule has 0 saturated carbocycles. The van der Waals surface area contributed by atoms with E-state index in [1.807, 2.05) is 18.2 Å². The lowest BCUT2D eigenvalue weighted by Gasteiger charge is -2.07. The van der Waals surface area contributed by atoms with Gasteiger partial charge in [0.25, 0.3) is 0 Å². The van der Waals surface area contributed by atoms with Crippen molar-refractivity contribution in [3.63, 3.8) is 0 Å². The molecule has 1 heterocycles. The lowest BCUT2D eigenvalue weighted by molar-refractivity contribution is 0.376. The minimum absolute atomic E-state index is 0. The van der Waals surface area contributed by atoms with E-state index in [-0.39, 0.29) is 29.8 Å². The van der Waals surface area contributed by atoms with Crippen molar-refractivity contribution in [3.8, 4) is 11.4 Å². The van der Waals surface area contributed by atoms with Gasteiger partial charge in [-0.1, -0.05) is 11.2 Å². The number of aliphatic imine (C=N–C) groups is 1. The first-order valence-corrected chi connectivity index (χ1v) is 8.74. The molecule has 28 heavy (non-hydrogen) atoms. The van der Waals surface area contributed by atoms with Crippen LogP contribution in [-0.2, 0) is 6.42 Å². The summed E-state index contributed by atoms with van der Waals surface area (Å²) < 4.78 is 18.2. The maximum atomic E-state index is 13.0. The number of benzene rings is 2. The average molecular weight is 495 g/mol. The van der Waals surface area contributed by atoms with Crippen molar-refractivity contribution in [2.24, 2.45) is 10.7 Å². The second kappa shape index (κ2) is 10.2. The van der Waals surface area contributed by atoms with Gasteiger partial charge in [-0.2, -0.15) is 4.98 Å². The van der Waals surface area contributed by atoms with Crippen molar-refractivity contribution >= 4 is 35.6 Å². The van der Waals surface area contributed by atoms with Gasteiger partial charge in [-0.25, -0.2) is 4.39 Å². The van der Waals surface area contributed by atoms with E-state index in [2.05, 4.69) is 34.3 Å². The van der Waals surface area contributed by atoms with Crippen molar-refractivity contribution < 1.29 is 8.91 Å². The number of rotatable bonds is 6. The van der Waals surface area contributed by atoms with Crippen LogP contribution in [-0.4, -0.2) is 22.6 Å². The largest absolute Gasteiger partial charge is 0.370 e. The first-order valence-electron chi connectivity index (χ1n) is 8.74. The van der Waals surface area contributed by atoms with Crippen molar-refractivity contribution in [1.29, 1.82) is 0 Å². The van der Waals surface area contributed by atoms with E-state index >= 15 is 0 Å². The Kier molecular flexibility index (Phi) is 7.91. The highest BCUT2D eigenvalue weighted by Gasteiger charge is 2.08. The molecule has 6 nitrogen and oxygen atoms in total. The number of hydrogen-bond donors (Lipinski definition) is 2.